The van der Waals surface area contributed by atoms with E-state index in [1.807, 2.05) is 48.5 Å². The predicted octanol–water partition coefficient (Wildman–Crippen LogP) is 3.54. The topological polar surface area (TPSA) is 78.9 Å². The fourth-order valence-corrected chi connectivity index (χ4v) is 3.40. The maximum atomic E-state index is 5.74. The molecular weight excluding hydrogens is 350 g/mol. The van der Waals surface area contributed by atoms with Crippen molar-refractivity contribution in [3.63, 3.8) is 0 Å². The summed E-state index contributed by atoms with van der Waals surface area (Å²) in [6.45, 7) is 0. The number of tetrazole rings is 1. The van der Waals surface area contributed by atoms with Crippen molar-refractivity contribution < 1.29 is 9.15 Å². The Morgan fingerprint density at radius 3 is 2.77 bits per heavy atom. The highest BCUT2D eigenvalue weighted by atomic mass is 32.2. The molecule has 0 aliphatic carbocycles. The van der Waals surface area contributed by atoms with E-state index in [9.17, 15) is 0 Å². The van der Waals surface area contributed by atoms with Gasteiger partial charge in [-0.25, -0.2) is 4.98 Å². The van der Waals surface area contributed by atoms with Crippen molar-refractivity contribution in [3.8, 4) is 11.4 Å². The Morgan fingerprint density at radius 2 is 1.96 bits per heavy atom. The monoisotopic (exact) mass is 367 g/mol. The molecule has 0 saturated carbocycles. The first-order valence-corrected chi connectivity index (χ1v) is 9.22. The summed E-state index contributed by atoms with van der Waals surface area (Å²) in [5.41, 5.74) is 2.63. The van der Waals surface area contributed by atoms with Gasteiger partial charge in [-0.2, -0.15) is 4.68 Å². The Kier molecular flexibility index (Phi) is 4.83. The van der Waals surface area contributed by atoms with Gasteiger partial charge in [0.05, 0.1) is 12.8 Å². The minimum absolute atomic E-state index is 0.757. The Bertz CT molecular complexity index is 963. The number of benzene rings is 2. The van der Waals surface area contributed by atoms with E-state index in [1.54, 1.807) is 23.6 Å². The number of thioether (sulfide) groups is 1. The number of para-hydroxylation sites is 2. The third-order valence-electron chi connectivity index (χ3n) is 3.86. The van der Waals surface area contributed by atoms with Gasteiger partial charge in [0.25, 0.3) is 0 Å². The average molecular weight is 367 g/mol. The molecule has 0 aliphatic rings. The van der Waals surface area contributed by atoms with Crippen molar-refractivity contribution in [2.75, 3.05) is 12.9 Å². The van der Waals surface area contributed by atoms with E-state index in [0.717, 1.165) is 52.2 Å². The molecule has 0 spiro atoms. The molecule has 4 rings (SSSR count). The zero-order valence-electron chi connectivity index (χ0n) is 14.2. The molecule has 7 nitrogen and oxygen atoms in total. The van der Waals surface area contributed by atoms with E-state index in [1.165, 1.54) is 0 Å². The molecule has 0 amide bonds. The fourth-order valence-electron chi connectivity index (χ4n) is 2.57. The zero-order valence-corrected chi connectivity index (χ0v) is 15.0. The van der Waals surface area contributed by atoms with E-state index < -0.39 is 0 Å². The van der Waals surface area contributed by atoms with Crippen LogP contribution in [0, 0.1) is 0 Å². The molecule has 0 bridgehead atoms. The Labute approximate surface area is 154 Å². The molecule has 0 radical (unpaired) electrons. The molecule has 2 aromatic heterocycles. The third kappa shape index (κ3) is 3.55. The van der Waals surface area contributed by atoms with Crippen LogP contribution >= 0.6 is 11.8 Å². The summed E-state index contributed by atoms with van der Waals surface area (Å²) in [6, 6.07) is 15.4. The number of aryl methyl sites for hydroxylation is 1. The molecule has 0 unspecified atom stereocenters. The average Bonchev–Trinajstić information content (AvgIpc) is 3.31. The number of nitrogens with zero attached hydrogens (tertiary/aromatic N) is 5. The van der Waals surface area contributed by atoms with Crippen LogP contribution in [0.4, 0.5) is 0 Å². The van der Waals surface area contributed by atoms with E-state index in [2.05, 4.69) is 20.5 Å². The highest BCUT2D eigenvalue weighted by Gasteiger charge is 2.10. The maximum Gasteiger partial charge on any atom is 0.214 e. The summed E-state index contributed by atoms with van der Waals surface area (Å²) in [4.78, 5) is 4.50. The van der Waals surface area contributed by atoms with Gasteiger partial charge in [0.1, 0.15) is 11.3 Å². The van der Waals surface area contributed by atoms with Crippen LogP contribution < -0.4 is 4.74 Å². The molecule has 8 heteroatoms. The number of aromatic nitrogens is 5. The molecule has 0 saturated heterocycles. The number of rotatable bonds is 7. The van der Waals surface area contributed by atoms with Crippen LogP contribution in [0.25, 0.3) is 16.8 Å². The quantitative estimate of drug-likeness (QED) is 0.365. The number of ether oxygens (including phenoxy) is 1. The molecule has 132 valence electrons. The van der Waals surface area contributed by atoms with E-state index in [4.69, 9.17) is 9.15 Å². The molecular formula is C18H17N5O2S. The molecule has 0 atom stereocenters. The van der Waals surface area contributed by atoms with Crippen molar-refractivity contribution in [2.45, 2.75) is 18.0 Å². The number of fused-ring (bicyclic) bond motifs is 1. The lowest BCUT2D eigenvalue weighted by Gasteiger charge is -2.05. The van der Waals surface area contributed by atoms with Crippen LogP contribution in [-0.2, 0) is 6.42 Å². The van der Waals surface area contributed by atoms with Crippen LogP contribution in [-0.4, -0.2) is 38.1 Å². The SMILES string of the molecule is COc1ccc(-n2nnnc2SCCCc2nc3ccccc3o2)cc1. The van der Waals surface area contributed by atoms with Gasteiger partial charge in [-0.1, -0.05) is 23.9 Å². The third-order valence-corrected chi connectivity index (χ3v) is 4.87. The summed E-state index contributed by atoms with van der Waals surface area (Å²) in [6.07, 6.45) is 1.71. The first-order chi connectivity index (χ1) is 12.8. The standard InChI is InChI=1S/C18H17N5O2S/c1-24-14-10-8-13(9-11-14)23-18(20-21-22-23)26-12-4-7-17-19-15-5-2-3-6-16(15)25-17/h2-3,5-6,8-11H,4,7,12H2,1H3. The lowest BCUT2D eigenvalue weighted by molar-refractivity contribution is 0.414. The number of hydrogen-bond donors (Lipinski definition) is 0. The highest BCUT2D eigenvalue weighted by Crippen LogP contribution is 2.22. The summed E-state index contributed by atoms with van der Waals surface area (Å²) >= 11 is 1.61. The Morgan fingerprint density at radius 1 is 1.12 bits per heavy atom. The van der Waals surface area contributed by atoms with Gasteiger partial charge in [0, 0.05) is 12.2 Å². The van der Waals surface area contributed by atoms with Gasteiger partial charge in [0.15, 0.2) is 11.5 Å². The van der Waals surface area contributed by atoms with Gasteiger partial charge in [-0.15, -0.1) is 5.10 Å². The van der Waals surface area contributed by atoms with Crippen molar-refractivity contribution in [1.82, 2.24) is 25.2 Å². The van der Waals surface area contributed by atoms with Crippen molar-refractivity contribution in [3.05, 3.63) is 54.4 Å². The normalized spacial score (nSPS) is 11.1. The molecule has 4 aromatic rings. The second-order valence-corrected chi connectivity index (χ2v) is 6.66. The van der Waals surface area contributed by atoms with Crippen LogP contribution in [0.3, 0.4) is 0 Å². The van der Waals surface area contributed by atoms with Crippen LogP contribution in [0.5, 0.6) is 5.75 Å². The fraction of sp³-hybridized carbons (Fsp3) is 0.222. The number of oxazole rings is 1. The van der Waals surface area contributed by atoms with Gasteiger partial charge in [-0.05, 0) is 53.2 Å². The number of hydrogen-bond acceptors (Lipinski definition) is 7. The summed E-state index contributed by atoms with van der Waals surface area (Å²) in [5, 5.41) is 12.7. The minimum Gasteiger partial charge on any atom is -0.497 e. The van der Waals surface area contributed by atoms with E-state index >= 15 is 0 Å². The largest absolute Gasteiger partial charge is 0.497 e. The van der Waals surface area contributed by atoms with Gasteiger partial charge in [-0.3, -0.25) is 0 Å². The lowest BCUT2D eigenvalue weighted by Crippen LogP contribution is -1.99. The van der Waals surface area contributed by atoms with Gasteiger partial charge >= 0.3 is 0 Å². The summed E-state index contributed by atoms with van der Waals surface area (Å²) < 4.78 is 12.6. The maximum absolute atomic E-state index is 5.74. The molecule has 0 N–H and O–H groups in total. The molecule has 26 heavy (non-hydrogen) atoms. The van der Waals surface area contributed by atoms with Crippen LogP contribution in [0.15, 0.2) is 58.1 Å². The number of methoxy groups -OCH3 is 1. The predicted molar refractivity (Wildman–Crippen MR) is 98.8 cm³/mol. The van der Waals surface area contributed by atoms with Crippen LogP contribution in [0.2, 0.25) is 0 Å². The first kappa shape index (κ1) is 16.6. The van der Waals surface area contributed by atoms with Crippen molar-refractivity contribution in [2.24, 2.45) is 0 Å². The first-order valence-electron chi connectivity index (χ1n) is 8.23. The van der Waals surface area contributed by atoms with Crippen molar-refractivity contribution >= 4 is 22.9 Å². The van der Waals surface area contributed by atoms with Gasteiger partial charge < -0.3 is 9.15 Å². The van der Waals surface area contributed by atoms with Crippen LogP contribution in [0.1, 0.15) is 12.3 Å². The van der Waals surface area contributed by atoms with Gasteiger partial charge in [0.2, 0.25) is 5.16 Å². The van der Waals surface area contributed by atoms with E-state index in [0.29, 0.717) is 0 Å². The lowest BCUT2D eigenvalue weighted by atomic mass is 10.3. The Hall–Kier alpha value is -2.87. The second-order valence-electron chi connectivity index (χ2n) is 5.60. The summed E-state index contributed by atoms with van der Waals surface area (Å²) in [7, 11) is 1.64. The van der Waals surface area contributed by atoms with E-state index in [-0.39, 0.29) is 0 Å². The van der Waals surface area contributed by atoms with Crippen molar-refractivity contribution in [1.29, 1.82) is 0 Å². The Balaban J connectivity index is 1.35. The highest BCUT2D eigenvalue weighted by molar-refractivity contribution is 7.99. The molecule has 0 fully saturated rings. The zero-order chi connectivity index (χ0) is 17.8. The second kappa shape index (κ2) is 7.57. The smallest absolute Gasteiger partial charge is 0.214 e. The summed E-state index contributed by atoms with van der Waals surface area (Å²) in [5.74, 6) is 2.44. The molecule has 2 aromatic carbocycles. The molecule has 2 heterocycles. The minimum atomic E-state index is 0.757. The molecule has 0 aliphatic heterocycles.